The number of morpholine rings is 1. The normalized spacial score (nSPS) is 13.3. The highest BCUT2D eigenvalue weighted by molar-refractivity contribution is 7.80. The molecule has 10 nitrogen and oxygen atoms in total. The number of fused-ring (bicyclic) bond motifs is 1. The third kappa shape index (κ3) is 5.74. The highest BCUT2D eigenvalue weighted by Crippen LogP contribution is 2.31. The third-order valence-electron chi connectivity index (χ3n) is 6.61. The van der Waals surface area contributed by atoms with Crippen molar-refractivity contribution in [3.05, 3.63) is 81.4 Å². The number of aromatic nitrogens is 1. The molecule has 4 aromatic rings. The minimum atomic E-state index is -0.552. The molecular weight excluding hydrogens is 518 g/mol. The SMILES string of the molecule is CCc1ccc2oc(-c3ccc(C)c(NC(=S)NC(=O)c4ccc(N5CCOCC5)c([N+](=O)[O-])c4)c3)nc2c1. The molecule has 1 aromatic heterocycles. The lowest BCUT2D eigenvalue weighted by Gasteiger charge is -2.28. The average Bonchev–Trinajstić information content (AvgIpc) is 3.37. The Labute approximate surface area is 230 Å². The van der Waals surface area contributed by atoms with Crippen LogP contribution in [0.25, 0.3) is 22.6 Å². The van der Waals surface area contributed by atoms with Gasteiger partial charge in [0.2, 0.25) is 5.89 Å². The van der Waals surface area contributed by atoms with Crippen molar-refractivity contribution in [2.24, 2.45) is 0 Å². The second-order valence-electron chi connectivity index (χ2n) is 9.17. The number of amides is 1. The fraction of sp³-hybridized carbons (Fsp3) is 0.250. The minimum Gasteiger partial charge on any atom is -0.436 e. The second kappa shape index (κ2) is 11.2. The molecule has 1 saturated heterocycles. The molecule has 2 heterocycles. The first-order valence-corrected chi connectivity index (χ1v) is 13.0. The molecule has 0 bridgehead atoms. The summed E-state index contributed by atoms with van der Waals surface area (Å²) in [5.41, 5.74) is 5.43. The van der Waals surface area contributed by atoms with Crippen molar-refractivity contribution in [2.45, 2.75) is 20.3 Å². The van der Waals surface area contributed by atoms with Crippen LogP contribution in [0.15, 0.2) is 59.0 Å². The van der Waals surface area contributed by atoms with Crippen molar-refractivity contribution in [2.75, 3.05) is 36.5 Å². The van der Waals surface area contributed by atoms with E-state index in [0.29, 0.717) is 49.2 Å². The van der Waals surface area contributed by atoms with E-state index in [1.54, 1.807) is 12.1 Å². The number of ether oxygens (including phenoxy) is 1. The van der Waals surface area contributed by atoms with Gasteiger partial charge < -0.3 is 19.4 Å². The van der Waals surface area contributed by atoms with Gasteiger partial charge in [-0.15, -0.1) is 0 Å². The van der Waals surface area contributed by atoms with Crippen LogP contribution in [0.4, 0.5) is 17.1 Å². The van der Waals surface area contributed by atoms with E-state index >= 15 is 0 Å². The van der Waals surface area contributed by atoms with Gasteiger partial charge in [0.1, 0.15) is 11.2 Å². The van der Waals surface area contributed by atoms with Crippen molar-refractivity contribution in [3.63, 3.8) is 0 Å². The molecule has 0 unspecified atom stereocenters. The summed E-state index contributed by atoms with van der Waals surface area (Å²) in [4.78, 5) is 30.7. The zero-order valence-electron chi connectivity index (χ0n) is 21.5. The highest BCUT2D eigenvalue weighted by atomic mass is 32.1. The number of hydrogen-bond acceptors (Lipinski definition) is 8. The van der Waals surface area contributed by atoms with Gasteiger partial charge in [0.25, 0.3) is 11.6 Å². The van der Waals surface area contributed by atoms with Crippen molar-refractivity contribution >= 4 is 51.4 Å². The zero-order valence-corrected chi connectivity index (χ0v) is 22.3. The topological polar surface area (TPSA) is 123 Å². The third-order valence-corrected chi connectivity index (χ3v) is 6.81. The Kier molecular flexibility index (Phi) is 7.53. The maximum Gasteiger partial charge on any atom is 0.293 e. The second-order valence-corrected chi connectivity index (χ2v) is 9.58. The minimum absolute atomic E-state index is 0.0605. The van der Waals surface area contributed by atoms with Gasteiger partial charge in [-0.05, 0) is 73.1 Å². The summed E-state index contributed by atoms with van der Waals surface area (Å²) >= 11 is 5.39. The largest absolute Gasteiger partial charge is 0.436 e. The molecule has 0 aliphatic carbocycles. The van der Waals surface area contributed by atoms with Crippen LogP contribution >= 0.6 is 12.2 Å². The predicted molar refractivity (Wildman–Crippen MR) is 153 cm³/mol. The Morgan fingerprint density at radius 1 is 1.13 bits per heavy atom. The summed E-state index contributed by atoms with van der Waals surface area (Å²) in [7, 11) is 0. The van der Waals surface area contributed by atoms with Gasteiger partial charge in [0.05, 0.1) is 18.1 Å². The number of nitrogens with one attached hydrogen (secondary N) is 2. The van der Waals surface area contributed by atoms with Crippen LogP contribution in [0.2, 0.25) is 0 Å². The molecule has 1 aliphatic heterocycles. The zero-order chi connectivity index (χ0) is 27.5. The Bertz CT molecular complexity index is 1580. The van der Waals surface area contributed by atoms with Crippen molar-refractivity contribution in [1.29, 1.82) is 0 Å². The molecule has 1 aliphatic rings. The molecule has 0 spiro atoms. The number of nitro groups is 1. The first-order valence-electron chi connectivity index (χ1n) is 12.6. The maximum atomic E-state index is 12.9. The molecule has 2 N–H and O–H groups in total. The number of nitro benzene ring substituents is 1. The van der Waals surface area contributed by atoms with E-state index < -0.39 is 10.8 Å². The van der Waals surface area contributed by atoms with E-state index in [1.807, 2.05) is 48.2 Å². The van der Waals surface area contributed by atoms with Crippen LogP contribution in [-0.4, -0.2) is 47.2 Å². The number of oxazole rings is 1. The Hall–Kier alpha value is -4.35. The lowest BCUT2D eigenvalue weighted by atomic mass is 10.1. The van der Waals surface area contributed by atoms with E-state index in [1.165, 1.54) is 11.6 Å². The van der Waals surface area contributed by atoms with Gasteiger partial charge in [0.15, 0.2) is 10.7 Å². The van der Waals surface area contributed by atoms with E-state index in [2.05, 4.69) is 22.5 Å². The monoisotopic (exact) mass is 545 g/mol. The first-order chi connectivity index (χ1) is 18.8. The summed E-state index contributed by atoms with van der Waals surface area (Å²) in [5, 5.41) is 17.5. The van der Waals surface area contributed by atoms with E-state index in [-0.39, 0.29) is 16.4 Å². The van der Waals surface area contributed by atoms with Gasteiger partial charge in [-0.2, -0.15) is 0 Å². The number of nitrogens with zero attached hydrogens (tertiary/aromatic N) is 3. The van der Waals surface area contributed by atoms with Gasteiger partial charge >= 0.3 is 0 Å². The maximum absolute atomic E-state index is 12.9. The van der Waals surface area contributed by atoms with Crippen molar-refractivity contribution < 1.29 is 18.9 Å². The lowest BCUT2D eigenvalue weighted by molar-refractivity contribution is -0.384. The molecule has 1 amide bonds. The standard InChI is InChI=1S/C28H27N5O5S/c1-3-18-5-9-25-22(14-18)29-27(38-25)20-6-4-17(2)21(15-20)30-28(39)31-26(34)19-7-8-23(24(16-19)33(35)36)32-10-12-37-13-11-32/h4-9,14-16H,3,10-13H2,1-2H3,(H2,30,31,34,39). The van der Waals surface area contributed by atoms with Crippen LogP contribution in [0, 0.1) is 17.0 Å². The Morgan fingerprint density at radius 2 is 1.92 bits per heavy atom. The molecule has 1 fully saturated rings. The molecule has 11 heteroatoms. The van der Waals surface area contributed by atoms with E-state index in [9.17, 15) is 14.9 Å². The van der Waals surface area contributed by atoms with Gasteiger partial charge in [-0.25, -0.2) is 4.98 Å². The number of carbonyl (C=O) groups is 1. The van der Waals surface area contributed by atoms with E-state index in [4.69, 9.17) is 21.4 Å². The van der Waals surface area contributed by atoms with Gasteiger partial charge in [0, 0.05) is 36.0 Å². The number of thiocarbonyl (C=S) groups is 1. The first kappa shape index (κ1) is 26.3. The molecule has 200 valence electrons. The van der Waals surface area contributed by atoms with Crippen LogP contribution in [0.5, 0.6) is 0 Å². The Balaban J connectivity index is 1.31. The quantitative estimate of drug-likeness (QED) is 0.190. The fourth-order valence-electron chi connectivity index (χ4n) is 4.42. The molecule has 0 radical (unpaired) electrons. The predicted octanol–water partition coefficient (Wildman–Crippen LogP) is 5.24. The van der Waals surface area contributed by atoms with Crippen molar-refractivity contribution in [1.82, 2.24) is 10.3 Å². The number of carbonyl (C=O) groups excluding carboxylic acids is 1. The molecule has 0 saturated carbocycles. The number of aryl methyl sites for hydroxylation is 2. The number of rotatable bonds is 6. The number of hydrogen-bond donors (Lipinski definition) is 2. The van der Waals surface area contributed by atoms with Crippen LogP contribution in [0.3, 0.4) is 0 Å². The molecular formula is C28H27N5O5S. The van der Waals surface area contributed by atoms with E-state index in [0.717, 1.165) is 23.1 Å². The summed E-state index contributed by atoms with van der Waals surface area (Å²) in [6.07, 6.45) is 0.908. The lowest BCUT2D eigenvalue weighted by Crippen LogP contribution is -2.37. The van der Waals surface area contributed by atoms with Gasteiger partial charge in [-0.3, -0.25) is 20.2 Å². The van der Waals surface area contributed by atoms with Crippen LogP contribution < -0.4 is 15.5 Å². The average molecular weight is 546 g/mol. The summed E-state index contributed by atoms with van der Waals surface area (Å²) in [6, 6.07) is 16.0. The number of benzene rings is 3. The Morgan fingerprint density at radius 3 is 2.67 bits per heavy atom. The molecule has 39 heavy (non-hydrogen) atoms. The molecule has 3 aromatic carbocycles. The molecule has 0 atom stereocenters. The highest BCUT2D eigenvalue weighted by Gasteiger charge is 2.23. The van der Waals surface area contributed by atoms with Gasteiger partial charge in [-0.1, -0.05) is 19.1 Å². The smallest absolute Gasteiger partial charge is 0.293 e. The molecule has 5 rings (SSSR count). The van der Waals surface area contributed by atoms with Crippen molar-refractivity contribution in [3.8, 4) is 11.5 Å². The summed E-state index contributed by atoms with van der Waals surface area (Å²) in [5.74, 6) is -0.0764. The summed E-state index contributed by atoms with van der Waals surface area (Å²) < 4.78 is 11.3. The summed E-state index contributed by atoms with van der Waals surface area (Å²) in [6.45, 7) is 6.07. The van der Waals surface area contributed by atoms with Crippen LogP contribution in [-0.2, 0) is 11.2 Å². The van der Waals surface area contributed by atoms with Crippen LogP contribution in [0.1, 0.15) is 28.4 Å². The fourth-order valence-corrected chi connectivity index (χ4v) is 4.62. The number of anilines is 2.